The second-order valence-corrected chi connectivity index (χ2v) is 8.75. The second-order valence-electron chi connectivity index (χ2n) is 8.75. The normalized spacial score (nSPS) is 19.6. The Morgan fingerprint density at radius 1 is 0.806 bits per heavy atom. The van der Waals surface area contributed by atoms with Crippen LogP contribution < -0.4 is 0 Å². The highest BCUT2D eigenvalue weighted by Crippen LogP contribution is 2.59. The number of benzene rings is 3. The van der Waals surface area contributed by atoms with Crippen molar-refractivity contribution in [2.75, 3.05) is 13.2 Å². The van der Waals surface area contributed by atoms with Crippen molar-refractivity contribution in [1.82, 2.24) is 0 Å². The van der Waals surface area contributed by atoms with E-state index in [4.69, 9.17) is 9.47 Å². The lowest BCUT2D eigenvalue weighted by Gasteiger charge is -2.36. The van der Waals surface area contributed by atoms with E-state index < -0.39 is 5.60 Å². The fraction of sp³-hybridized carbons (Fsp3) is 0.321. The van der Waals surface area contributed by atoms with Crippen molar-refractivity contribution < 1.29 is 14.3 Å². The predicted octanol–water partition coefficient (Wildman–Crippen LogP) is 5.83. The van der Waals surface area contributed by atoms with Crippen molar-refractivity contribution in [3.05, 3.63) is 108 Å². The van der Waals surface area contributed by atoms with Crippen LogP contribution in [0.1, 0.15) is 37.5 Å². The third kappa shape index (κ3) is 3.90. The van der Waals surface area contributed by atoms with Gasteiger partial charge in [-0.2, -0.15) is 0 Å². The largest absolute Gasteiger partial charge is 0.466 e. The fourth-order valence-corrected chi connectivity index (χ4v) is 4.74. The molecule has 31 heavy (non-hydrogen) atoms. The molecule has 4 rings (SSSR count). The Bertz CT molecular complexity index is 900. The quantitative estimate of drug-likeness (QED) is 0.344. The van der Waals surface area contributed by atoms with Gasteiger partial charge in [0, 0.05) is 5.92 Å². The monoisotopic (exact) mass is 414 g/mol. The average molecular weight is 415 g/mol. The molecule has 3 aromatic rings. The van der Waals surface area contributed by atoms with Crippen LogP contribution in [0.5, 0.6) is 0 Å². The van der Waals surface area contributed by atoms with E-state index >= 15 is 0 Å². The first-order valence-corrected chi connectivity index (χ1v) is 11.0. The highest BCUT2D eigenvalue weighted by molar-refractivity contribution is 5.77. The molecule has 0 saturated heterocycles. The molecular weight excluding hydrogens is 384 g/mol. The molecular formula is C28H30O3. The number of esters is 1. The van der Waals surface area contributed by atoms with Gasteiger partial charge in [0.05, 0.1) is 19.1 Å². The van der Waals surface area contributed by atoms with Gasteiger partial charge in [-0.05, 0) is 29.0 Å². The van der Waals surface area contributed by atoms with Crippen LogP contribution in [0.25, 0.3) is 0 Å². The molecule has 0 aromatic heterocycles. The van der Waals surface area contributed by atoms with E-state index in [-0.39, 0.29) is 23.2 Å². The molecule has 0 amide bonds. The first-order valence-electron chi connectivity index (χ1n) is 11.0. The van der Waals surface area contributed by atoms with Crippen molar-refractivity contribution in [1.29, 1.82) is 0 Å². The molecule has 160 valence electrons. The summed E-state index contributed by atoms with van der Waals surface area (Å²) >= 11 is 0. The Labute approximate surface area is 185 Å². The van der Waals surface area contributed by atoms with E-state index in [1.54, 1.807) is 0 Å². The number of ether oxygens (including phenoxy) is 2. The zero-order chi connectivity index (χ0) is 21.9. The molecule has 3 heteroatoms. The summed E-state index contributed by atoms with van der Waals surface area (Å²) in [6.07, 6.45) is 0. The van der Waals surface area contributed by atoms with Gasteiger partial charge in [-0.1, -0.05) is 105 Å². The first kappa shape index (κ1) is 21.3. The van der Waals surface area contributed by atoms with E-state index in [0.717, 1.165) is 16.7 Å². The van der Waals surface area contributed by atoms with E-state index in [0.29, 0.717) is 13.2 Å². The highest BCUT2D eigenvalue weighted by Gasteiger charge is 2.63. The summed E-state index contributed by atoms with van der Waals surface area (Å²) in [5, 5.41) is 0. The number of carbonyl (C=O) groups excluding carboxylic acids is 1. The summed E-state index contributed by atoms with van der Waals surface area (Å²) in [6, 6.07) is 31.0. The molecule has 0 spiro atoms. The Hall–Kier alpha value is -2.91. The number of hydrogen-bond donors (Lipinski definition) is 0. The Morgan fingerprint density at radius 3 is 1.61 bits per heavy atom. The van der Waals surface area contributed by atoms with E-state index in [1.165, 1.54) is 0 Å². The van der Waals surface area contributed by atoms with Crippen LogP contribution in [-0.2, 0) is 19.9 Å². The van der Waals surface area contributed by atoms with E-state index in [9.17, 15) is 4.79 Å². The van der Waals surface area contributed by atoms with Crippen LogP contribution in [0, 0.1) is 17.3 Å². The maximum absolute atomic E-state index is 12.5. The molecule has 1 aliphatic carbocycles. The third-order valence-electron chi connectivity index (χ3n) is 6.61. The molecule has 1 saturated carbocycles. The smallest absolute Gasteiger partial charge is 0.309 e. The fourth-order valence-electron chi connectivity index (χ4n) is 4.74. The minimum Gasteiger partial charge on any atom is -0.466 e. The standard InChI is InChI=1S/C28H30O3/c1-4-30-26(29)25-24(27(25,2)3)20-31-28(21-14-8-5-9-15-21,22-16-10-6-11-17-22)23-18-12-7-13-19-23/h5-19,24-25H,4,20H2,1-3H3/t24-,25-/m0/s1. The lowest BCUT2D eigenvalue weighted by molar-refractivity contribution is -0.146. The van der Waals surface area contributed by atoms with Crippen molar-refractivity contribution in [2.24, 2.45) is 17.3 Å². The molecule has 0 unspecified atom stereocenters. The topological polar surface area (TPSA) is 35.5 Å². The maximum Gasteiger partial charge on any atom is 0.309 e. The minimum absolute atomic E-state index is 0.113. The molecule has 0 radical (unpaired) electrons. The highest BCUT2D eigenvalue weighted by atomic mass is 16.5. The van der Waals surface area contributed by atoms with Gasteiger partial charge in [0.2, 0.25) is 0 Å². The zero-order valence-electron chi connectivity index (χ0n) is 18.5. The lowest BCUT2D eigenvalue weighted by Crippen LogP contribution is -2.34. The molecule has 3 aromatic carbocycles. The lowest BCUT2D eigenvalue weighted by atomic mass is 9.80. The first-order chi connectivity index (χ1) is 15.0. The molecule has 0 N–H and O–H groups in total. The second kappa shape index (κ2) is 8.68. The van der Waals surface area contributed by atoms with Crippen LogP contribution in [0.4, 0.5) is 0 Å². The van der Waals surface area contributed by atoms with E-state index in [2.05, 4.69) is 50.2 Å². The van der Waals surface area contributed by atoms with Crippen LogP contribution in [-0.4, -0.2) is 19.2 Å². The van der Waals surface area contributed by atoms with Gasteiger partial charge in [-0.15, -0.1) is 0 Å². The van der Waals surface area contributed by atoms with Crippen LogP contribution in [0.3, 0.4) is 0 Å². The zero-order valence-corrected chi connectivity index (χ0v) is 18.5. The third-order valence-corrected chi connectivity index (χ3v) is 6.61. The van der Waals surface area contributed by atoms with Crippen LogP contribution in [0.2, 0.25) is 0 Å². The Morgan fingerprint density at radius 2 is 1.23 bits per heavy atom. The summed E-state index contributed by atoms with van der Waals surface area (Å²) in [4.78, 5) is 12.5. The summed E-state index contributed by atoms with van der Waals surface area (Å²) in [7, 11) is 0. The molecule has 1 fully saturated rings. The van der Waals surface area contributed by atoms with Crippen molar-refractivity contribution in [2.45, 2.75) is 26.4 Å². The molecule has 3 nitrogen and oxygen atoms in total. The predicted molar refractivity (Wildman–Crippen MR) is 123 cm³/mol. The van der Waals surface area contributed by atoms with Crippen molar-refractivity contribution in [3.8, 4) is 0 Å². The van der Waals surface area contributed by atoms with Crippen LogP contribution in [0.15, 0.2) is 91.0 Å². The van der Waals surface area contributed by atoms with Gasteiger partial charge < -0.3 is 9.47 Å². The summed E-state index contributed by atoms with van der Waals surface area (Å²) in [5.41, 5.74) is 2.31. The van der Waals surface area contributed by atoms with Gasteiger partial charge in [-0.3, -0.25) is 4.79 Å². The van der Waals surface area contributed by atoms with E-state index in [1.807, 2.05) is 61.5 Å². The van der Waals surface area contributed by atoms with Crippen molar-refractivity contribution in [3.63, 3.8) is 0 Å². The van der Waals surface area contributed by atoms with Crippen molar-refractivity contribution >= 4 is 5.97 Å². The SMILES string of the molecule is CCOC(=O)[C@@H]1[C@H](COC(c2ccccc2)(c2ccccc2)c2ccccc2)C1(C)C. The minimum atomic E-state index is -0.762. The number of rotatable bonds is 8. The molecule has 0 aliphatic heterocycles. The molecule has 1 aliphatic rings. The summed E-state index contributed by atoms with van der Waals surface area (Å²) in [5.74, 6) is -0.139. The van der Waals surface area contributed by atoms with Gasteiger partial charge in [-0.25, -0.2) is 0 Å². The summed E-state index contributed by atoms with van der Waals surface area (Å²) < 4.78 is 12.2. The molecule has 0 heterocycles. The molecule has 2 atom stereocenters. The Kier molecular flexibility index (Phi) is 5.97. The average Bonchev–Trinajstić information content (AvgIpc) is 3.37. The van der Waals surface area contributed by atoms with Gasteiger partial charge in [0.25, 0.3) is 0 Å². The molecule has 0 bridgehead atoms. The summed E-state index contributed by atoms with van der Waals surface area (Å²) in [6.45, 7) is 6.97. The number of carbonyl (C=O) groups is 1. The maximum atomic E-state index is 12.5. The van der Waals surface area contributed by atoms with Gasteiger partial charge >= 0.3 is 5.97 Å². The van der Waals surface area contributed by atoms with Gasteiger partial charge in [0.1, 0.15) is 5.60 Å². The number of hydrogen-bond acceptors (Lipinski definition) is 3. The van der Waals surface area contributed by atoms with Crippen LogP contribution >= 0.6 is 0 Å². The van der Waals surface area contributed by atoms with Gasteiger partial charge in [0.15, 0.2) is 0 Å². The Balaban J connectivity index is 1.76.